The first-order chi connectivity index (χ1) is 13.6. The zero-order chi connectivity index (χ0) is 19.9. The zero-order valence-corrected chi connectivity index (χ0v) is 16.0. The molecular formula is C24H23NO3. The van der Waals surface area contributed by atoms with E-state index in [1.54, 1.807) is 12.1 Å². The van der Waals surface area contributed by atoms with Gasteiger partial charge in [-0.15, -0.1) is 0 Å². The average Bonchev–Trinajstić information content (AvgIpc) is 2.75. The fourth-order valence-electron chi connectivity index (χ4n) is 3.00. The summed E-state index contributed by atoms with van der Waals surface area (Å²) < 4.78 is 4.76. The third-order valence-corrected chi connectivity index (χ3v) is 4.61. The molecule has 1 atom stereocenters. The Bertz CT molecular complexity index is 932. The molecule has 28 heavy (non-hydrogen) atoms. The van der Waals surface area contributed by atoms with Gasteiger partial charge in [-0.05, 0) is 36.8 Å². The van der Waals surface area contributed by atoms with E-state index in [9.17, 15) is 9.59 Å². The van der Waals surface area contributed by atoms with Gasteiger partial charge in [0.25, 0.3) is 0 Å². The summed E-state index contributed by atoms with van der Waals surface area (Å²) in [5.41, 5.74) is 4.20. The third-order valence-electron chi connectivity index (χ3n) is 4.61. The average molecular weight is 373 g/mol. The highest BCUT2D eigenvalue weighted by Gasteiger charge is 2.18. The molecule has 4 nitrogen and oxygen atoms in total. The summed E-state index contributed by atoms with van der Waals surface area (Å²) in [6.07, 6.45) is 0.301. The standard InChI is InChI=1S/C24H23NO3/c1-17-8-14-21(15-9-17)25-22(16-23(26)19-6-4-3-5-7-19)18-10-12-20(13-11-18)24(27)28-2/h3-15,22,25H,16H2,1-2H3/t22-/m0/s1. The number of benzene rings is 3. The van der Waals surface area contributed by atoms with Crippen molar-refractivity contribution in [3.63, 3.8) is 0 Å². The van der Waals surface area contributed by atoms with Crippen LogP contribution in [-0.4, -0.2) is 18.9 Å². The molecule has 0 bridgehead atoms. The van der Waals surface area contributed by atoms with Gasteiger partial charge < -0.3 is 10.1 Å². The maximum atomic E-state index is 12.8. The first kappa shape index (κ1) is 19.4. The number of carbonyl (C=O) groups excluding carboxylic acids is 2. The number of hydrogen-bond donors (Lipinski definition) is 1. The molecule has 0 aliphatic carbocycles. The minimum Gasteiger partial charge on any atom is -0.465 e. The van der Waals surface area contributed by atoms with Crippen molar-refractivity contribution in [1.82, 2.24) is 0 Å². The van der Waals surface area contributed by atoms with Crippen LogP contribution in [0.2, 0.25) is 0 Å². The van der Waals surface area contributed by atoms with Gasteiger partial charge in [0, 0.05) is 17.7 Å². The summed E-state index contributed by atoms with van der Waals surface area (Å²) in [6, 6.07) is 24.3. The number of hydrogen-bond acceptors (Lipinski definition) is 4. The molecule has 3 aromatic carbocycles. The lowest BCUT2D eigenvalue weighted by atomic mass is 9.96. The second-order valence-corrected chi connectivity index (χ2v) is 6.67. The van der Waals surface area contributed by atoms with E-state index in [2.05, 4.69) is 5.32 Å². The summed E-state index contributed by atoms with van der Waals surface area (Å²) >= 11 is 0. The second kappa shape index (κ2) is 9.00. The zero-order valence-electron chi connectivity index (χ0n) is 16.0. The maximum absolute atomic E-state index is 12.8. The predicted octanol–water partition coefficient (Wildman–Crippen LogP) is 5.21. The van der Waals surface area contributed by atoms with Gasteiger partial charge in [0.1, 0.15) is 0 Å². The topological polar surface area (TPSA) is 55.4 Å². The van der Waals surface area contributed by atoms with Gasteiger partial charge in [0.15, 0.2) is 5.78 Å². The highest BCUT2D eigenvalue weighted by molar-refractivity contribution is 5.96. The van der Waals surface area contributed by atoms with Crippen LogP contribution in [0.25, 0.3) is 0 Å². The van der Waals surface area contributed by atoms with Crippen LogP contribution in [0.15, 0.2) is 78.9 Å². The Hall–Kier alpha value is -3.40. The monoisotopic (exact) mass is 373 g/mol. The molecule has 0 radical (unpaired) electrons. The Morgan fingerprint density at radius 2 is 1.50 bits per heavy atom. The molecule has 0 saturated heterocycles. The van der Waals surface area contributed by atoms with Crippen LogP contribution in [-0.2, 0) is 4.74 Å². The molecule has 0 aliphatic heterocycles. The molecule has 0 heterocycles. The van der Waals surface area contributed by atoms with Crippen molar-refractivity contribution in [3.05, 3.63) is 101 Å². The molecule has 0 unspecified atom stereocenters. The van der Waals surface area contributed by atoms with Gasteiger partial charge in [-0.3, -0.25) is 4.79 Å². The Morgan fingerprint density at radius 3 is 2.11 bits per heavy atom. The Labute approximate surface area is 165 Å². The van der Waals surface area contributed by atoms with Gasteiger partial charge in [0.2, 0.25) is 0 Å². The van der Waals surface area contributed by atoms with Crippen LogP contribution >= 0.6 is 0 Å². The number of ketones is 1. The minimum absolute atomic E-state index is 0.0576. The molecule has 0 amide bonds. The molecule has 4 heteroatoms. The van der Waals surface area contributed by atoms with Gasteiger partial charge in [-0.2, -0.15) is 0 Å². The van der Waals surface area contributed by atoms with Gasteiger partial charge in [-0.1, -0.05) is 60.2 Å². The Morgan fingerprint density at radius 1 is 0.857 bits per heavy atom. The number of methoxy groups -OCH3 is 1. The predicted molar refractivity (Wildman–Crippen MR) is 111 cm³/mol. The van der Waals surface area contributed by atoms with E-state index in [0.29, 0.717) is 17.5 Å². The molecule has 0 saturated carbocycles. The van der Waals surface area contributed by atoms with Crippen molar-refractivity contribution < 1.29 is 14.3 Å². The van der Waals surface area contributed by atoms with E-state index in [1.165, 1.54) is 12.7 Å². The number of aryl methyl sites for hydroxylation is 1. The van der Waals surface area contributed by atoms with Crippen LogP contribution in [0.3, 0.4) is 0 Å². The largest absolute Gasteiger partial charge is 0.465 e. The molecular weight excluding hydrogens is 350 g/mol. The first-order valence-electron chi connectivity index (χ1n) is 9.16. The van der Waals surface area contributed by atoms with E-state index < -0.39 is 0 Å². The van der Waals surface area contributed by atoms with E-state index in [1.807, 2.05) is 73.7 Å². The second-order valence-electron chi connectivity index (χ2n) is 6.67. The summed E-state index contributed by atoms with van der Waals surface area (Å²) in [7, 11) is 1.36. The number of ether oxygens (including phenoxy) is 1. The number of esters is 1. The van der Waals surface area contributed by atoms with Gasteiger partial charge >= 0.3 is 5.97 Å². The highest BCUT2D eigenvalue weighted by atomic mass is 16.5. The smallest absolute Gasteiger partial charge is 0.337 e. The minimum atomic E-state index is -0.380. The third kappa shape index (κ3) is 4.86. The highest BCUT2D eigenvalue weighted by Crippen LogP contribution is 2.25. The van der Waals surface area contributed by atoms with Crippen LogP contribution in [0, 0.1) is 6.92 Å². The summed E-state index contributed by atoms with van der Waals surface area (Å²) in [4.78, 5) is 24.5. The van der Waals surface area contributed by atoms with Crippen molar-refractivity contribution in [2.45, 2.75) is 19.4 Å². The maximum Gasteiger partial charge on any atom is 0.337 e. The molecule has 3 aromatic rings. The van der Waals surface area contributed by atoms with E-state index in [-0.39, 0.29) is 17.8 Å². The van der Waals surface area contributed by atoms with Crippen molar-refractivity contribution >= 4 is 17.4 Å². The molecule has 0 fully saturated rings. The van der Waals surface area contributed by atoms with Crippen molar-refractivity contribution in [1.29, 1.82) is 0 Å². The SMILES string of the molecule is COC(=O)c1ccc([C@H](CC(=O)c2ccccc2)Nc2ccc(C)cc2)cc1. The van der Waals surface area contributed by atoms with Crippen molar-refractivity contribution in [2.75, 3.05) is 12.4 Å². The quantitative estimate of drug-likeness (QED) is 0.456. The van der Waals surface area contributed by atoms with E-state index in [0.717, 1.165) is 11.3 Å². The lowest BCUT2D eigenvalue weighted by molar-refractivity contribution is 0.0600. The van der Waals surface area contributed by atoms with Crippen LogP contribution in [0.1, 0.15) is 44.3 Å². The van der Waals surface area contributed by atoms with Crippen LogP contribution in [0.4, 0.5) is 5.69 Å². The molecule has 0 spiro atoms. The summed E-state index contributed by atoms with van der Waals surface area (Å²) in [5.74, 6) is -0.322. The Balaban J connectivity index is 1.86. The number of rotatable bonds is 7. The summed E-state index contributed by atoms with van der Waals surface area (Å²) in [5, 5.41) is 3.45. The lowest BCUT2D eigenvalue weighted by Gasteiger charge is -2.20. The summed E-state index contributed by atoms with van der Waals surface area (Å²) in [6.45, 7) is 2.03. The number of carbonyl (C=O) groups is 2. The number of Topliss-reactive ketones (excluding diaryl/α,β-unsaturated/α-hetero) is 1. The van der Waals surface area contributed by atoms with Crippen LogP contribution in [0.5, 0.6) is 0 Å². The van der Waals surface area contributed by atoms with Crippen molar-refractivity contribution in [3.8, 4) is 0 Å². The van der Waals surface area contributed by atoms with E-state index in [4.69, 9.17) is 4.74 Å². The lowest BCUT2D eigenvalue weighted by Crippen LogP contribution is -2.16. The Kier molecular flexibility index (Phi) is 6.22. The normalized spacial score (nSPS) is 11.5. The molecule has 142 valence electrons. The fraction of sp³-hybridized carbons (Fsp3) is 0.167. The van der Waals surface area contributed by atoms with Gasteiger partial charge in [0.05, 0.1) is 18.7 Å². The van der Waals surface area contributed by atoms with Crippen LogP contribution < -0.4 is 5.32 Å². The molecule has 1 N–H and O–H groups in total. The number of nitrogens with one attached hydrogen (secondary N) is 1. The van der Waals surface area contributed by atoms with E-state index >= 15 is 0 Å². The molecule has 3 rings (SSSR count). The van der Waals surface area contributed by atoms with Gasteiger partial charge in [-0.25, -0.2) is 4.79 Å². The number of anilines is 1. The molecule has 0 aliphatic rings. The molecule has 0 aromatic heterocycles. The van der Waals surface area contributed by atoms with Crippen molar-refractivity contribution in [2.24, 2.45) is 0 Å². The fourth-order valence-corrected chi connectivity index (χ4v) is 3.00. The first-order valence-corrected chi connectivity index (χ1v) is 9.16.